The van der Waals surface area contributed by atoms with E-state index in [4.69, 9.17) is 11.6 Å². The molecule has 2 aliphatic rings. The monoisotopic (exact) mass is 570 g/mol. The summed E-state index contributed by atoms with van der Waals surface area (Å²) in [6, 6.07) is 6.63. The van der Waals surface area contributed by atoms with E-state index in [1.807, 2.05) is 0 Å². The largest absolute Gasteiger partial charge is 0.393 e. The number of halogens is 3. The van der Waals surface area contributed by atoms with Crippen molar-refractivity contribution in [2.45, 2.75) is 60.9 Å². The molecule has 0 radical (unpaired) electrons. The molecule has 0 saturated heterocycles. The first kappa shape index (κ1) is 28.4. The summed E-state index contributed by atoms with van der Waals surface area (Å²) in [5, 5.41) is 24.9. The minimum atomic E-state index is -4.01. The molecule has 3 atom stereocenters. The molecule has 2 bridgehead atoms. The first-order chi connectivity index (χ1) is 17.8. The number of aliphatic hydroxyl groups is 2. The Kier molecular flexibility index (Phi) is 8.13. The molecule has 2 saturated carbocycles. The van der Waals surface area contributed by atoms with Crippen LogP contribution in [0.25, 0.3) is 0 Å². The van der Waals surface area contributed by atoms with E-state index in [1.165, 1.54) is 25.1 Å². The summed E-state index contributed by atoms with van der Waals surface area (Å²) in [4.78, 5) is 24.5. The van der Waals surface area contributed by atoms with E-state index in [2.05, 4.69) is 10.6 Å². The number of sulfone groups is 1. The van der Waals surface area contributed by atoms with Crippen LogP contribution < -0.4 is 10.6 Å². The van der Waals surface area contributed by atoms with Crippen molar-refractivity contribution in [3.05, 3.63) is 58.6 Å². The second kappa shape index (κ2) is 10.9. The molecule has 2 unspecified atom stereocenters. The summed E-state index contributed by atoms with van der Waals surface area (Å²) in [5.41, 5.74) is -1.29. The van der Waals surface area contributed by atoms with Gasteiger partial charge in [0.05, 0.1) is 33.3 Å². The van der Waals surface area contributed by atoms with E-state index >= 15 is 0 Å². The smallest absolute Gasteiger partial charge is 0.255 e. The molecule has 0 aromatic heterocycles. The molecule has 2 fully saturated rings. The predicted octanol–water partition coefficient (Wildman–Crippen LogP) is 3.45. The molecule has 2 aromatic rings. The Morgan fingerprint density at radius 3 is 2.37 bits per heavy atom. The fourth-order valence-electron chi connectivity index (χ4n) is 5.55. The number of rotatable bonds is 8. The first-order valence-electron chi connectivity index (χ1n) is 12.3. The minimum Gasteiger partial charge on any atom is -0.393 e. The number of carbonyl (C=O) groups excluding carboxylic acids is 2. The van der Waals surface area contributed by atoms with Crippen LogP contribution in [-0.2, 0) is 14.6 Å². The van der Waals surface area contributed by atoms with Gasteiger partial charge in [0.25, 0.3) is 5.91 Å². The molecule has 206 valence electrons. The van der Waals surface area contributed by atoms with E-state index in [0.717, 1.165) is 18.2 Å². The number of hydrogen-bond acceptors (Lipinski definition) is 6. The van der Waals surface area contributed by atoms with E-state index < -0.39 is 50.2 Å². The summed E-state index contributed by atoms with van der Waals surface area (Å²) in [6.07, 6.45) is 0.600. The lowest BCUT2D eigenvalue weighted by atomic mass is 9.74. The highest BCUT2D eigenvalue weighted by molar-refractivity contribution is 7.92. The fraction of sp³-hybridized carbons (Fsp3) is 0.462. The quantitative estimate of drug-likeness (QED) is 0.384. The van der Waals surface area contributed by atoms with Gasteiger partial charge in [-0.25, -0.2) is 17.2 Å². The summed E-state index contributed by atoms with van der Waals surface area (Å²) in [6.45, 7) is 1.46. The van der Waals surface area contributed by atoms with Gasteiger partial charge >= 0.3 is 0 Å². The number of fused-ring (bicyclic) bond motifs is 2. The van der Waals surface area contributed by atoms with Gasteiger partial charge in [0.15, 0.2) is 21.5 Å². The van der Waals surface area contributed by atoms with Crippen LogP contribution >= 0.6 is 11.6 Å². The molecule has 8 nitrogen and oxygen atoms in total. The van der Waals surface area contributed by atoms with Crippen LogP contribution in [-0.4, -0.2) is 53.9 Å². The average molecular weight is 571 g/mol. The summed E-state index contributed by atoms with van der Waals surface area (Å²) < 4.78 is 54.0. The number of amides is 2. The highest BCUT2D eigenvalue weighted by Gasteiger charge is 2.55. The number of benzene rings is 2. The zero-order chi connectivity index (χ0) is 27.8. The van der Waals surface area contributed by atoms with E-state index in [-0.39, 0.29) is 58.8 Å². The summed E-state index contributed by atoms with van der Waals surface area (Å²) in [5.74, 6) is -4.07. The van der Waals surface area contributed by atoms with Crippen molar-refractivity contribution in [2.24, 2.45) is 11.8 Å². The number of anilines is 1. The Hall–Kier alpha value is -2.60. The predicted molar refractivity (Wildman–Crippen MR) is 136 cm³/mol. The summed E-state index contributed by atoms with van der Waals surface area (Å²) in [7, 11) is -4.01. The molecule has 2 amide bonds. The normalized spacial score (nSPS) is 25.6. The van der Waals surface area contributed by atoms with Gasteiger partial charge in [-0.1, -0.05) is 11.6 Å². The van der Waals surface area contributed by atoms with Crippen molar-refractivity contribution >= 4 is 38.9 Å². The Bertz CT molecular complexity index is 1340. The lowest BCUT2D eigenvalue weighted by molar-refractivity contribution is -0.126. The Balaban J connectivity index is 1.51. The van der Waals surface area contributed by atoms with Crippen LogP contribution in [0, 0.1) is 23.5 Å². The second-order valence-corrected chi connectivity index (χ2v) is 12.8. The molecule has 0 aliphatic heterocycles. The summed E-state index contributed by atoms with van der Waals surface area (Å²) >= 11 is 6.25. The van der Waals surface area contributed by atoms with Crippen molar-refractivity contribution in [1.82, 2.24) is 5.32 Å². The van der Waals surface area contributed by atoms with Crippen LogP contribution in [0.4, 0.5) is 14.5 Å². The highest BCUT2D eigenvalue weighted by atomic mass is 35.5. The molecule has 38 heavy (non-hydrogen) atoms. The zero-order valence-corrected chi connectivity index (χ0v) is 22.2. The van der Waals surface area contributed by atoms with E-state index in [9.17, 15) is 37.0 Å². The SMILES string of the molecule is C[C@H](O)CC(=O)NC[C@]1(O)C2CCC1C[C@@H](S(=O)(=O)c1cc(C(=O)Nc3ccc(F)c(F)c3)ccc1Cl)C2. The number of carbonyl (C=O) groups is 2. The molecule has 12 heteroatoms. The van der Waals surface area contributed by atoms with Crippen molar-refractivity contribution in [1.29, 1.82) is 0 Å². The van der Waals surface area contributed by atoms with Crippen LogP contribution in [0.3, 0.4) is 0 Å². The number of aliphatic hydroxyl groups excluding tert-OH is 1. The van der Waals surface area contributed by atoms with Crippen molar-refractivity contribution in [3.8, 4) is 0 Å². The Labute approximate surface area is 224 Å². The molecule has 2 aliphatic carbocycles. The van der Waals surface area contributed by atoms with Crippen LogP contribution in [0.1, 0.15) is 49.4 Å². The van der Waals surface area contributed by atoms with Gasteiger partial charge in [0.1, 0.15) is 0 Å². The first-order valence-corrected chi connectivity index (χ1v) is 14.2. The van der Waals surface area contributed by atoms with E-state index in [1.54, 1.807) is 0 Å². The van der Waals surface area contributed by atoms with Crippen molar-refractivity contribution in [2.75, 3.05) is 11.9 Å². The maximum absolute atomic E-state index is 13.7. The maximum atomic E-state index is 13.7. The third-order valence-electron chi connectivity index (χ3n) is 7.54. The van der Waals surface area contributed by atoms with Crippen LogP contribution in [0.5, 0.6) is 0 Å². The fourth-order valence-corrected chi connectivity index (χ4v) is 7.95. The average Bonchev–Trinajstić information content (AvgIpc) is 3.00. The molecule has 0 heterocycles. The Morgan fingerprint density at radius 1 is 1.11 bits per heavy atom. The lowest BCUT2D eigenvalue weighted by Crippen LogP contribution is -2.54. The molecular weight excluding hydrogens is 542 g/mol. The van der Waals surface area contributed by atoms with Gasteiger partial charge in [0.2, 0.25) is 5.91 Å². The van der Waals surface area contributed by atoms with Crippen molar-refractivity contribution in [3.63, 3.8) is 0 Å². The second-order valence-electron chi connectivity index (χ2n) is 10.2. The standard InChI is InChI=1S/C26H29ClF2N2O6S/c1-14(32)8-24(33)30-13-26(35)16-3-4-17(26)11-19(10-16)38(36,37)23-9-15(2-6-20(23)27)25(34)31-18-5-7-21(28)22(29)12-18/h2,5-7,9,12,14,16-17,19,32,35H,3-4,8,10-11,13H2,1H3,(H,30,33)(H,31,34)/t14-,16?,17?,19-,26-/m0/s1. The lowest BCUT2D eigenvalue weighted by Gasteiger charge is -2.42. The molecule has 4 N–H and O–H groups in total. The van der Waals surface area contributed by atoms with Gasteiger partial charge in [-0.15, -0.1) is 0 Å². The number of hydrogen-bond donors (Lipinski definition) is 4. The molecular formula is C26H29ClF2N2O6S. The zero-order valence-electron chi connectivity index (χ0n) is 20.6. The van der Waals surface area contributed by atoms with Gasteiger partial charge in [-0.2, -0.15) is 0 Å². The third-order valence-corrected chi connectivity index (χ3v) is 10.2. The highest BCUT2D eigenvalue weighted by Crippen LogP contribution is 2.52. The molecule has 2 aromatic carbocycles. The van der Waals surface area contributed by atoms with Crippen LogP contribution in [0.15, 0.2) is 41.3 Å². The van der Waals surface area contributed by atoms with Crippen molar-refractivity contribution < 1.29 is 37.0 Å². The topological polar surface area (TPSA) is 133 Å². The molecule has 0 spiro atoms. The van der Waals surface area contributed by atoms with Gasteiger partial charge in [-0.05, 0) is 74.8 Å². The van der Waals surface area contributed by atoms with Gasteiger partial charge in [-0.3, -0.25) is 9.59 Å². The maximum Gasteiger partial charge on any atom is 0.255 e. The van der Waals surface area contributed by atoms with Gasteiger partial charge in [0, 0.05) is 23.9 Å². The number of nitrogens with one attached hydrogen (secondary N) is 2. The van der Waals surface area contributed by atoms with E-state index in [0.29, 0.717) is 12.8 Å². The minimum absolute atomic E-state index is 0.00284. The molecule has 4 rings (SSSR count). The van der Waals surface area contributed by atoms with Gasteiger partial charge < -0.3 is 20.8 Å². The third kappa shape index (κ3) is 5.70. The Morgan fingerprint density at radius 2 is 1.76 bits per heavy atom. The van der Waals surface area contributed by atoms with Crippen LogP contribution in [0.2, 0.25) is 5.02 Å².